The van der Waals surface area contributed by atoms with Crippen LogP contribution in [-0.2, 0) is 9.53 Å². The maximum Gasteiger partial charge on any atom is 0.263 e. The Labute approximate surface area is 163 Å². The molecule has 1 heterocycles. The molecule has 1 N–H and O–H groups in total. The fraction of sp³-hybridized carbons (Fsp3) is 0.286. The second-order valence-electron chi connectivity index (χ2n) is 6.69. The number of amides is 1. The first kappa shape index (κ1) is 19.3. The first-order valence-electron chi connectivity index (χ1n) is 8.63. The summed E-state index contributed by atoms with van der Waals surface area (Å²) in [6, 6.07) is 16.5. The first-order chi connectivity index (χ1) is 12.9. The topological polar surface area (TPSA) is 60.7 Å². The number of furan rings is 1. The monoisotopic (exact) mass is 387 g/mol. The summed E-state index contributed by atoms with van der Waals surface area (Å²) in [6.07, 6.45) is -0.396. The maximum absolute atomic E-state index is 12.6. The second-order valence-corrected chi connectivity index (χ2v) is 7.12. The molecule has 0 unspecified atom stereocenters. The fourth-order valence-electron chi connectivity index (χ4n) is 2.70. The van der Waals surface area contributed by atoms with Crippen molar-refractivity contribution in [3.8, 4) is 5.75 Å². The van der Waals surface area contributed by atoms with Crippen LogP contribution < -0.4 is 10.1 Å². The van der Waals surface area contributed by atoms with Crippen molar-refractivity contribution in [3.05, 3.63) is 65.4 Å². The number of hydrogen-bond donors (Lipinski definition) is 1. The fourth-order valence-corrected chi connectivity index (χ4v) is 2.83. The van der Waals surface area contributed by atoms with Gasteiger partial charge in [0.05, 0.1) is 6.54 Å². The largest absolute Gasteiger partial charge is 0.478 e. The van der Waals surface area contributed by atoms with Crippen LogP contribution in [0.1, 0.15) is 25.7 Å². The number of benzene rings is 2. The second kappa shape index (κ2) is 8.03. The molecular weight excluding hydrogens is 366 g/mol. The SMILES string of the molecule is CO[C@@H](CNC(=O)C(C)(C)Oc1ccc(Cl)cc1)c1cc2ccccc2o1. The molecule has 0 spiro atoms. The number of rotatable bonds is 7. The van der Waals surface area contributed by atoms with E-state index < -0.39 is 11.7 Å². The molecule has 6 heteroatoms. The van der Waals surface area contributed by atoms with Gasteiger partial charge in [0.15, 0.2) is 5.60 Å². The average Bonchev–Trinajstić information content (AvgIpc) is 3.07. The molecule has 5 nitrogen and oxygen atoms in total. The van der Waals surface area contributed by atoms with Crippen LogP contribution in [0, 0.1) is 0 Å². The van der Waals surface area contributed by atoms with Crippen LogP contribution in [0.2, 0.25) is 5.02 Å². The number of carbonyl (C=O) groups is 1. The zero-order chi connectivity index (χ0) is 19.4. The van der Waals surface area contributed by atoms with E-state index in [1.165, 1.54) is 0 Å². The molecule has 0 fully saturated rings. The van der Waals surface area contributed by atoms with E-state index in [4.69, 9.17) is 25.5 Å². The summed E-state index contributed by atoms with van der Waals surface area (Å²) in [6.45, 7) is 3.68. The third-order valence-electron chi connectivity index (χ3n) is 4.23. The van der Waals surface area contributed by atoms with Crippen LogP contribution in [0.3, 0.4) is 0 Å². The number of ether oxygens (including phenoxy) is 2. The molecule has 2 aromatic carbocycles. The standard InChI is InChI=1S/C21H22ClNO4/c1-21(2,27-16-10-8-15(22)9-11-16)20(24)23-13-19(25-3)18-12-14-6-4-5-7-17(14)26-18/h4-12,19H,13H2,1-3H3,(H,23,24)/t19-/m0/s1. The van der Waals surface area contributed by atoms with Crippen LogP contribution in [0.4, 0.5) is 0 Å². The maximum atomic E-state index is 12.6. The molecule has 0 bridgehead atoms. The summed E-state index contributed by atoms with van der Waals surface area (Å²) in [5.41, 5.74) is -0.271. The molecule has 0 aliphatic heterocycles. The zero-order valence-electron chi connectivity index (χ0n) is 15.5. The van der Waals surface area contributed by atoms with E-state index in [9.17, 15) is 4.79 Å². The third kappa shape index (κ3) is 4.62. The number of fused-ring (bicyclic) bond motifs is 1. The first-order valence-corrected chi connectivity index (χ1v) is 9.01. The van der Waals surface area contributed by atoms with Crippen molar-refractivity contribution >= 4 is 28.5 Å². The zero-order valence-corrected chi connectivity index (χ0v) is 16.2. The van der Waals surface area contributed by atoms with Gasteiger partial charge in [0.1, 0.15) is 23.2 Å². The van der Waals surface area contributed by atoms with Crippen LogP contribution in [0.15, 0.2) is 59.0 Å². The van der Waals surface area contributed by atoms with Crippen molar-refractivity contribution in [2.24, 2.45) is 0 Å². The Morgan fingerprint density at radius 3 is 2.56 bits per heavy atom. The highest BCUT2D eigenvalue weighted by atomic mass is 35.5. The lowest BCUT2D eigenvalue weighted by atomic mass is 10.1. The van der Waals surface area contributed by atoms with Gasteiger partial charge in [-0.15, -0.1) is 0 Å². The van der Waals surface area contributed by atoms with Crippen molar-refractivity contribution in [1.29, 1.82) is 0 Å². The van der Waals surface area contributed by atoms with Gasteiger partial charge < -0.3 is 19.2 Å². The molecule has 0 aliphatic carbocycles. The minimum Gasteiger partial charge on any atom is -0.478 e. The van der Waals surface area contributed by atoms with Gasteiger partial charge in [0.2, 0.25) is 0 Å². The van der Waals surface area contributed by atoms with Gasteiger partial charge in [-0.1, -0.05) is 29.8 Å². The van der Waals surface area contributed by atoms with E-state index in [2.05, 4.69) is 5.32 Å². The van der Waals surface area contributed by atoms with Crippen LogP contribution in [0.25, 0.3) is 11.0 Å². The summed E-state index contributed by atoms with van der Waals surface area (Å²) >= 11 is 5.88. The Hall–Kier alpha value is -2.50. The minimum absolute atomic E-state index is 0.254. The minimum atomic E-state index is -1.06. The van der Waals surface area contributed by atoms with Crippen molar-refractivity contribution in [2.75, 3.05) is 13.7 Å². The van der Waals surface area contributed by atoms with Crippen LogP contribution >= 0.6 is 11.6 Å². The third-order valence-corrected chi connectivity index (χ3v) is 4.48. The highest BCUT2D eigenvalue weighted by Crippen LogP contribution is 2.26. The van der Waals surface area contributed by atoms with Gasteiger partial charge >= 0.3 is 0 Å². The summed E-state index contributed by atoms with van der Waals surface area (Å²) < 4.78 is 17.1. The van der Waals surface area contributed by atoms with Crippen molar-refractivity contribution in [1.82, 2.24) is 5.32 Å². The van der Waals surface area contributed by atoms with E-state index in [0.717, 1.165) is 11.0 Å². The summed E-state index contributed by atoms with van der Waals surface area (Å²) in [5, 5.41) is 4.48. The van der Waals surface area contributed by atoms with Gasteiger partial charge in [-0.2, -0.15) is 0 Å². The molecule has 0 saturated carbocycles. The molecule has 3 rings (SSSR count). The van der Waals surface area contributed by atoms with Crippen LogP contribution in [0.5, 0.6) is 5.75 Å². The number of methoxy groups -OCH3 is 1. The van der Waals surface area contributed by atoms with E-state index in [0.29, 0.717) is 16.5 Å². The Bertz CT molecular complexity index is 884. The molecule has 142 valence electrons. The molecule has 27 heavy (non-hydrogen) atoms. The van der Waals surface area contributed by atoms with Crippen molar-refractivity contribution < 1.29 is 18.7 Å². The van der Waals surface area contributed by atoms with Gasteiger partial charge in [-0.3, -0.25) is 4.79 Å². The highest BCUT2D eigenvalue weighted by Gasteiger charge is 2.30. The molecule has 1 aromatic heterocycles. The number of para-hydroxylation sites is 1. The predicted molar refractivity (Wildman–Crippen MR) is 105 cm³/mol. The lowest BCUT2D eigenvalue weighted by molar-refractivity contribution is -0.134. The predicted octanol–water partition coefficient (Wildman–Crippen LogP) is 4.75. The lowest BCUT2D eigenvalue weighted by Gasteiger charge is -2.26. The highest BCUT2D eigenvalue weighted by molar-refractivity contribution is 6.30. The van der Waals surface area contributed by atoms with E-state index in [1.54, 1.807) is 45.2 Å². The van der Waals surface area contributed by atoms with Gasteiger partial charge in [-0.05, 0) is 50.2 Å². The molecule has 1 amide bonds. The summed E-state index contributed by atoms with van der Waals surface area (Å²) in [5.74, 6) is 0.978. The van der Waals surface area contributed by atoms with Crippen molar-refractivity contribution in [2.45, 2.75) is 25.6 Å². The molecule has 3 aromatic rings. The molecular formula is C21H22ClNO4. The number of halogens is 1. The van der Waals surface area contributed by atoms with Gasteiger partial charge in [0, 0.05) is 17.5 Å². The van der Waals surface area contributed by atoms with E-state index in [-0.39, 0.29) is 12.5 Å². The number of nitrogens with one attached hydrogen (secondary N) is 1. The normalized spacial score (nSPS) is 12.7. The Balaban J connectivity index is 1.64. The van der Waals surface area contributed by atoms with Crippen LogP contribution in [-0.4, -0.2) is 25.2 Å². The van der Waals surface area contributed by atoms with Gasteiger partial charge in [0.25, 0.3) is 5.91 Å². The molecule has 1 atom stereocenters. The Kier molecular flexibility index (Phi) is 5.73. The molecule has 0 aliphatic rings. The summed E-state index contributed by atoms with van der Waals surface area (Å²) in [4.78, 5) is 12.6. The Morgan fingerprint density at radius 1 is 1.19 bits per heavy atom. The van der Waals surface area contributed by atoms with Gasteiger partial charge in [-0.25, -0.2) is 0 Å². The van der Waals surface area contributed by atoms with E-state index in [1.807, 2.05) is 30.3 Å². The van der Waals surface area contributed by atoms with Crippen molar-refractivity contribution in [3.63, 3.8) is 0 Å². The summed E-state index contributed by atoms with van der Waals surface area (Å²) in [7, 11) is 1.58. The van der Waals surface area contributed by atoms with E-state index >= 15 is 0 Å². The smallest absolute Gasteiger partial charge is 0.263 e. The quantitative estimate of drug-likeness (QED) is 0.635. The average molecular weight is 388 g/mol. The number of hydrogen-bond acceptors (Lipinski definition) is 4. The molecule has 0 radical (unpaired) electrons. The number of carbonyl (C=O) groups excluding carboxylic acids is 1. The Morgan fingerprint density at radius 2 is 1.89 bits per heavy atom. The molecule has 0 saturated heterocycles. The lowest BCUT2D eigenvalue weighted by Crippen LogP contribution is -2.47.